The monoisotopic (exact) mass is 548 g/mol. The first-order chi connectivity index (χ1) is 18.7. The van der Waals surface area contributed by atoms with Crippen LogP contribution in [0.4, 0.5) is 11.4 Å². The molecule has 9 nitrogen and oxygen atoms in total. The van der Waals surface area contributed by atoms with Gasteiger partial charge in [0.2, 0.25) is 10.0 Å². The molecule has 0 spiro atoms. The highest BCUT2D eigenvalue weighted by atomic mass is 32.2. The number of nitrogens with one attached hydrogen (secondary N) is 3. The van der Waals surface area contributed by atoms with E-state index in [4.69, 9.17) is 10.5 Å². The van der Waals surface area contributed by atoms with Gasteiger partial charge in [-0.3, -0.25) is 4.79 Å². The first-order valence-electron chi connectivity index (χ1n) is 12.7. The molecule has 4 rings (SSSR count). The zero-order valence-corrected chi connectivity index (χ0v) is 22.7. The maximum Gasteiger partial charge on any atom is 0.338 e. The van der Waals surface area contributed by atoms with Gasteiger partial charge in [-0.25, -0.2) is 17.9 Å². The maximum atomic E-state index is 13.2. The van der Waals surface area contributed by atoms with Crippen molar-refractivity contribution in [2.24, 2.45) is 5.73 Å². The highest BCUT2D eigenvalue weighted by molar-refractivity contribution is 7.88. The number of carbonyl (C=O) groups is 2. The zero-order chi connectivity index (χ0) is 28.0. The Morgan fingerprint density at radius 1 is 1.03 bits per heavy atom. The summed E-state index contributed by atoms with van der Waals surface area (Å²) in [5, 5.41) is 6.29. The molecule has 1 unspecified atom stereocenters. The number of benzene rings is 3. The number of hydrogen-bond acceptors (Lipinski definition) is 7. The van der Waals surface area contributed by atoms with E-state index in [0.29, 0.717) is 47.5 Å². The van der Waals surface area contributed by atoms with Gasteiger partial charge in [0.1, 0.15) is 0 Å². The zero-order valence-electron chi connectivity index (χ0n) is 21.9. The van der Waals surface area contributed by atoms with Gasteiger partial charge >= 0.3 is 5.97 Å². The van der Waals surface area contributed by atoms with Crippen LogP contribution >= 0.6 is 0 Å². The first-order valence-corrected chi connectivity index (χ1v) is 14.5. The Hall–Kier alpha value is -3.99. The Bertz CT molecular complexity index is 1490. The van der Waals surface area contributed by atoms with Crippen molar-refractivity contribution in [3.8, 4) is 0 Å². The molecule has 5 N–H and O–H groups in total. The number of esters is 1. The molecule has 0 fully saturated rings. The lowest BCUT2D eigenvalue weighted by atomic mass is 9.98. The smallest absolute Gasteiger partial charge is 0.338 e. The van der Waals surface area contributed by atoms with E-state index in [1.165, 1.54) is 0 Å². The van der Waals surface area contributed by atoms with E-state index >= 15 is 0 Å². The summed E-state index contributed by atoms with van der Waals surface area (Å²) >= 11 is 0. The predicted octanol–water partition coefficient (Wildman–Crippen LogP) is 4.13. The number of fused-ring (bicyclic) bond motifs is 1. The molecule has 1 aliphatic heterocycles. The number of amides is 1. The van der Waals surface area contributed by atoms with Crippen molar-refractivity contribution >= 4 is 44.5 Å². The van der Waals surface area contributed by atoms with Crippen LogP contribution in [0.3, 0.4) is 0 Å². The van der Waals surface area contributed by atoms with Crippen molar-refractivity contribution in [1.82, 2.24) is 4.72 Å². The van der Waals surface area contributed by atoms with Crippen molar-refractivity contribution in [3.05, 3.63) is 95.1 Å². The second-order valence-corrected chi connectivity index (χ2v) is 11.0. The summed E-state index contributed by atoms with van der Waals surface area (Å²) in [4.78, 5) is 25.4. The van der Waals surface area contributed by atoms with E-state index in [-0.39, 0.29) is 18.6 Å². The summed E-state index contributed by atoms with van der Waals surface area (Å²) in [5.41, 5.74) is 11.5. The van der Waals surface area contributed by atoms with Gasteiger partial charge in [-0.05, 0) is 55.2 Å². The van der Waals surface area contributed by atoms with Crippen molar-refractivity contribution in [3.63, 3.8) is 0 Å². The molecule has 1 amide bonds. The Balaban J connectivity index is 1.59. The van der Waals surface area contributed by atoms with Gasteiger partial charge in [0.15, 0.2) is 0 Å². The molecule has 1 aliphatic rings. The first kappa shape index (κ1) is 28.0. The van der Waals surface area contributed by atoms with Crippen LogP contribution in [0.2, 0.25) is 0 Å². The largest absolute Gasteiger partial charge is 0.462 e. The molecule has 1 atom stereocenters. The van der Waals surface area contributed by atoms with Crippen LogP contribution in [-0.4, -0.2) is 39.7 Å². The fourth-order valence-corrected chi connectivity index (χ4v) is 4.87. The average Bonchev–Trinajstić information content (AvgIpc) is 3.24. The second-order valence-electron chi connectivity index (χ2n) is 9.21. The highest BCUT2D eigenvalue weighted by Gasteiger charge is 2.29. The molecule has 3 aromatic carbocycles. The molecule has 3 aromatic rings. The minimum Gasteiger partial charge on any atom is -0.462 e. The third-order valence-corrected chi connectivity index (χ3v) is 6.98. The van der Waals surface area contributed by atoms with E-state index in [1.807, 2.05) is 54.6 Å². The van der Waals surface area contributed by atoms with Crippen LogP contribution < -0.4 is 21.1 Å². The molecule has 1 heterocycles. The van der Waals surface area contributed by atoms with Crippen LogP contribution in [0, 0.1) is 0 Å². The van der Waals surface area contributed by atoms with Crippen molar-refractivity contribution in [2.45, 2.75) is 25.8 Å². The molecule has 10 heteroatoms. The molecule has 0 aromatic heterocycles. The summed E-state index contributed by atoms with van der Waals surface area (Å²) < 4.78 is 30.0. The van der Waals surface area contributed by atoms with Gasteiger partial charge < -0.3 is 21.1 Å². The van der Waals surface area contributed by atoms with E-state index in [0.717, 1.165) is 23.1 Å². The third kappa shape index (κ3) is 7.11. The fourth-order valence-electron chi connectivity index (χ4n) is 4.35. The van der Waals surface area contributed by atoms with Crippen LogP contribution in [0.15, 0.2) is 72.8 Å². The quantitative estimate of drug-likeness (QED) is 0.161. The van der Waals surface area contributed by atoms with Crippen LogP contribution in [0.1, 0.15) is 52.9 Å². The van der Waals surface area contributed by atoms with Gasteiger partial charge in [0.05, 0.1) is 35.4 Å². The molecule has 0 saturated heterocycles. The Morgan fingerprint density at radius 2 is 1.74 bits per heavy atom. The van der Waals surface area contributed by atoms with Crippen molar-refractivity contribution in [2.75, 3.05) is 30.0 Å². The second kappa shape index (κ2) is 12.2. The topological polar surface area (TPSA) is 140 Å². The summed E-state index contributed by atoms with van der Waals surface area (Å²) in [7, 11) is -3.22. The van der Waals surface area contributed by atoms with Crippen LogP contribution in [0.5, 0.6) is 0 Å². The molecule has 39 heavy (non-hydrogen) atoms. The van der Waals surface area contributed by atoms with Crippen LogP contribution in [-0.2, 0) is 19.6 Å². The lowest BCUT2D eigenvalue weighted by Crippen LogP contribution is -2.24. The number of nitrogens with two attached hydrogens (primary N) is 1. The van der Waals surface area contributed by atoms with E-state index in [2.05, 4.69) is 15.4 Å². The number of rotatable bonds is 11. The summed E-state index contributed by atoms with van der Waals surface area (Å²) in [6.07, 6.45) is 2.37. The minimum atomic E-state index is -3.22. The number of ether oxygens (including phenoxy) is 1. The molecule has 0 saturated carbocycles. The van der Waals surface area contributed by atoms with Gasteiger partial charge in [-0.15, -0.1) is 0 Å². The number of hydrogen-bond donors (Lipinski definition) is 4. The normalized spacial score (nSPS) is 14.8. The molecule has 204 valence electrons. The lowest BCUT2D eigenvalue weighted by molar-refractivity contribution is -0.110. The van der Waals surface area contributed by atoms with E-state index < -0.39 is 16.0 Å². The SMILES string of the molecule is CCOC(=O)c1ccc2c(c1)NC(=O)/C2=C(\Nc1ccc(C(N)CCCNS(C)(=O)=O)cc1)c1ccccc1. The third-order valence-electron chi connectivity index (χ3n) is 6.25. The Labute approximate surface area is 228 Å². The highest BCUT2D eigenvalue weighted by Crippen LogP contribution is 2.38. The predicted molar refractivity (Wildman–Crippen MR) is 153 cm³/mol. The molecule has 0 bridgehead atoms. The van der Waals surface area contributed by atoms with Gasteiger partial charge in [0.25, 0.3) is 5.91 Å². The van der Waals surface area contributed by atoms with E-state index in [9.17, 15) is 18.0 Å². The summed E-state index contributed by atoms with van der Waals surface area (Å²) in [6, 6.07) is 21.9. The standard InChI is InChI=1S/C29H32N4O5S/c1-3-38-29(35)21-13-16-23-25(18-21)33-28(34)26(23)27(20-8-5-4-6-9-20)32-22-14-11-19(12-15-22)24(30)10-7-17-31-39(2,36)37/h4-6,8-9,11-16,18,24,31-32H,3,7,10,17,30H2,1-2H3,(H,33,34)/b27-26-. The number of anilines is 2. The average molecular weight is 549 g/mol. The van der Waals surface area contributed by atoms with Crippen LogP contribution in [0.25, 0.3) is 11.3 Å². The fraction of sp³-hybridized carbons (Fsp3) is 0.241. The summed E-state index contributed by atoms with van der Waals surface area (Å²) in [6.45, 7) is 2.34. The van der Waals surface area contributed by atoms with Crippen molar-refractivity contribution in [1.29, 1.82) is 0 Å². The Morgan fingerprint density at radius 3 is 2.41 bits per heavy atom. The molecule has 0 aliphatic carbocycles. The Kier molecular flexibility index (Phi) is 8.80. The van der Waals surface area contributed by atoms with E-state index in [1.54, 1.807) is 25.1 Å². The summed E-state index contributed by atoms with van der Waals surface area (Å²) in [5.74, 6) is -0.725. The number of sulfonamides is 1. The molecule has 0 radical (unpaired) electrons. The lowest BCUT2D eigenvalue weighted by Gasteiger charge is -2.16. The number of carbonyl (C=O) groups excluding carboxylic acids is 2. The molecular weight excluding hydrogens is 516 g/mol. The maximum absolute atomic E-state index is 13.2. The van der Waals surface area contributed by atoms with Gasteiger partial charge in [0, 0.05) is 23.8 Å². The molecular formula is C29H32N4O5S. The minimum absolute atomic E-state index is 0.242. The van der Waals surface area contributed by atoms with Crippen molar-refractivity contribution < 1.29 is 22.7 Å². The van der Waals surface area contributed by atoms with Gasteiger partial charge in [-0.1, -0.05) is 48.5 Å². The van der Waals surface area contributed by atoms with Gasteiger partial charge in [-0.2, -0.15) is 0 Å².